The van der Waals surface area contributed by atoms with Crippen LogP contribution in [0.25, 0.3) is 0 Å². The molecule has 0 aromatic heterocycles. The summed E-state index contributed by atoms with van der Waals surface area (Å²) in [5, 5.41) is 13.4. The second kappa shape index (κ2) is 8.14. The fraction of sp³-hybridized carbons (Fsp3) is 0.462. The van der Waals surface area contributed by atoms with Crippen molar-refractivity contribution in [3.63, 3.8) is 0 Å². The van der Waals surface area contributed by atoms with E-state index in [2.05, 4.69) is 35.7 Å². The minimum absolute atomic E-state index is 0.265. The van der Waals surface area contributed by atoms with Gasteiger partial charge < -0.3 is 15.2 Å². The summed E-state index contributed by atoms with van der Waals surface area (Å²) in [5.74, 6) is 3.11. The Morgan fingerprint density at radius 2 is 1.83 bits per heavy atom. The van der Waals surface area contributed by atoms with Gasteiger partial charge in [0.1, 0.15) is 11.5 Å². The molecule has 2 N–H and O–H groups in total. The number of fused-ring (bicyclic) bond motifs is 3. The van der Waals surface area contributed by atoms with Gasteiger partial charge in [-0.1, -0.05) is 56.4 Å². The van der Waals surface area contributed by atoms with Crippen molar-refractivity contribution in [1.29, 1.82) is 0 Å². The van der Waals surface area contributed by atoms with E-state index < -0.39 is 0 Å². The summed E-state index contributed by atoms with van der Waals surface area (Å²) in [7, 11) is 0. The molecule has 0 bridgehead atoms. The van der Waals surface area contributed by atoms with Crippen LogP contribution in [0.15, 0.2) is 54.6 Å². The number of hydrogen-bond acceptors (Lipinski definition) is 3. The van der Waals surface area contributed by atoms with Gasteiger partial charge in [-0.15, -0.1) is 0 Å². The lowest BCUT2D eigenvalue weighted by molar-refractivity contribution is 0.246. The fourth-order valence-electron chi connectivity index (χ4n) is 5.49. The Morgan fingerprint density at radius 3 is 2.66 bits per heavy atom. The molecule has 2 aliphatic carbocycles. The van der Waals surface area contributed by atoms with Crippen molar-refractivity contribution in [3.05, 3.63) is 65.7 Å². The van der Waals surface area contributed by atoms with Crippen LogP contribution in [0.5, 0.6) is 11.5 Å². The van der Waals surface area contributed by atoms with Crippen LogP contribution in [0, 0.1) is 11.8 Å². The van der Waals surface area contributed by atoms with Gasteiger partial charge in [-0.3, -0.25) is 0 Å². The molecule has 3 unspecified atom stereocenters. The number of aromatic hydroxyl groups is 1. The van der Waals surface area contributed by atoms with E-state index in [1.165, 1.54) is 55.3 Å². The molecule has 1 saturated carbocycles. The Morgan fingerprint density at radius 1 is 1.00 bits per heavy atom. The van der Waals surface area contributed by atoms with Crippen LogP contribution in [0.2, 0.25) is 0 Å². The molecule has 1 heterocycles. The second-order valence-electron chi connectivity index (χ2n) is 8.96. The van der Waals surface area contributed by atoms with Crippen molar-refractivity contribution in [3.8, 4) is 11.5 Å². The zero-order valence-electron chi connectivity index (χ0n) is 17.0. The lowest BCUT2D eigenvalue weighted by atomic mass is 9.77. The van der Waals surface area contributed by atoms with Gasteiger partial charge in [0.05, 0.1) is 12.6 Å². The van der Waals surface area contributed by atoms with Gasteiger partial charge in [0.25, 0.3) is 0 Å². The molecule has 152 valence electrons. The first-order valence-corrected chi connectivity index (χ1v) is 11.3. The van der Waals surface area contributed by atoms with Gasteiger partial charge >= 0.3 is 0 Å². The highest BCUT2D eigenvalue weighted by atomic mass is 16.5. The van der Waals surface area contributed by atoms with Crippen LogP contribution in [0.3, 0.4) is 0 Å². The summed E-state index contributed by atoms with van der Waals surface area (Å²) < 4.78 is 6.17. The van der Waals surface area contributed by atoms with Crippen LogP contribution in [0.4, 0.5) is 5.69 Å². The molecule has 2 aromatic carbocycles. The summed E-state index contributed by atoms with van der Waals surface area (Å²) in [6.45, 7) is 0.830. The van der Waals surface area contributed by atoms with Gasteiger partial charge in [0, 0.05) is 11.6 Å². The normalized spacial score (nSPS) is 25.9. The molecule has 3 atom stereocenters. The highest BCUT2D eigenvalue weighted by molar-refractivity contribution is 5.61. The first-order valence-electron chi connectivity index (χ1n) is 11.3. The predicted molar refractivity (Wildman–Crippen MR) is 118 cm³/mol. The standard InChI is InChI=1S/C26H31NO2/c28-20-11-9-19(10-12-20)26-23-8-4-7-22(23)24-17-21(13-14-25(24)27-26)29-16-15-18-5-2-1-3-6-18/h4,7,9-14,17-18,22-23,26-28H,1-3,5-6,8,15-16H2. The smallest absolute Gasteiger partial charge is 0.119 e. The average molecular weight is 390 g/mol. The summed E-state index contributed by atoms with van der Waals surface area (Å²) in [6.07, 6.45) is 13.9. The third-order valence-electron chi connectivity index (χ3n) is 7.11. The topological polar surface area (TPSA) is 41.5 Å². The van der Waals surface area contributed by atoms with E-state index in [1.807, 2.05) is 12.1 Å². The zero-order chi connectivity index (χ0) is 19.6. The van der Waals surface area contributed by atoms with Crippen LogP contribution in [-0.4, -0.2) is 11.7 Å². The van der Waals surface area contributed by atoms with E-state index in [0.29, 0.717) is 17.6 Å². The van der Waals surface area contributed by atoms with E-state index in [4.69, 9.17) is 4.74 Å². The van der Waals surface area contributed by atoms with Gasteiger partial charge in [-0.25, -0.2) is 0 Å². The van der Waals surface area contributed by atoms with Gasteiger partial charge in [0.15, 0.2) is 0 Å². The molecule has 5 rings (SSSR count). The van der Waals surface area contributed by atoms with Crippen LogP contribution in [-0.2, 0) is 0 Å². The third kappa shape index (κ3) is 3.88. The number of allylic oxidation sites excluding steroid dienone is 2. The molecular weight excluding hydrogens is 358 g/mol. The van der Waals surface area contributed by atoms with Crippen molar-refractivity contribution in [2.24, 2.45) is 11.8 Å². The molecular formula is C26H31NO2. The summed E-state index contributed by atoms with van der Waals surface area (Å²) >= 11 is 0. The molecule has 0 amide bonds. The van der Waals surface area contributed by atoms with Crippen molar-refractivity contribution in [2.45, 2.75) is 56.9 Å². The first kappa shape index (κ1) is 18.6. The summed E-state index contributed by atoms with van der Waals surface area (Å²) in [6, 6.07) is 14.5. The Hall–Kier alpha value is -2.42. The third-order valence-corrected chi connectivity index (χ3v) is 7.11. The number of benzene rings is 2. The van der Waals surface area contributed by atoms with Gasteiger partial charge in [0.2, 0.25) is 0 Å². The Balaban J connectivity index is 1.31. The highest BCUT2D eigenvalue weighted by Gasteiger charge is 2.38. The minimum Gasteiger partial charge on any atom is -0.508 e. The molecule has 1 aliphatic heterocycles. The van der Waals surface area contributed by atoms with Crippen molar-refractivity contribution in [2.75, 3.05) is 11.9 Å². The molecule has 3 heteroatoms. The molecule has 2 aromatic rings. The summed E-state index contributed by atoms with van der Waals surface area (Å²) in [4.78, 5) is 0. The van der Waals surface area contributed by atoms with E-state index in [-0.39, 0.29) is 6.04 Å². The van der Waals surface area contributed by atoms with E-state index >= 15 is 0 Å². The lowest BCUT2D eigenvalue weighted by Crippen LogP contribution is -2.29. The maximum atomic E-state index is 9.64. The largest absolute Gasteiger partial charge is 0.508 e. The number of phenolic OH excluding ortho intramolecular Hbond substituents is 1. The molecule has 0 spiro atoms. The number of phenols is 1. The molecule has 29 heavy (non-hydrogen) atoms. The van der Waals surface area contributed by atoms with E-state index in [0.717, 1.165) is 24.7 Å². The molecule has 3 nitrogen and oxygen atoms in total. The summed E-state index contributed by atoms with van der Waals surface area (Å²) in [5.41, 5.74) is 3.80. The van der Waals surface area contributed by atoms with Crippen molar-refractivity contribution >= 4 is 5.69 Å². The average Bonchev–Trinajstić information content (AvgIpc) is 3.25. The number of nitrogens with one attached hydrogen (secondary N) is 1. The SMILES string of the molecule is Oc1ccc(C2Nc3ccc(OCCC4CCCCC4)cc3C3C=CCC32)cc1. The van der Waals surface area contributed by atoms with Crippen LogP contribution in [0.1, 0.15) is 68.0 Å². The number of anilines is 1. The molecule has 1 fully saturated rings. The predicted octanol–water partition coefficient (Wildman–Crippen LogP) is 6.57. The number of rotatable bonds is 5. The Bertz CT molecular complexity index is 867. The number of ether oxygens (including phenoxy) is 1. The van der Waals surface area contributed by atoms with E-state index in [9.17, 15) is 5.11 Å². The highest BCUT2D eigenvalue weighted by Crippen LogP contribution is 2.50. The fourth-order valence-corrected chi connectivity index (χ4v) is 5.49. The van der Waals surface area contributed by atoms with Crippen molar-refractivity contribution < 1.29 is 9.84 Å². The van der Waals surface area contributed by atoms with E-state index in [1.54, 1.807) is 12.1 Å². The minimum atomic E-state index is 0.265. The maximum Gasteiger partial charge on any atom is 0.119 e. The second-order valence-corrected chi connectivity index (χ2v) is 8.96. The molecule has 3 aliphatic rings. The van der Waals surface area contributed by atoms with Crippen LogP contribution < -0.4 is 10.1 Å². The quantitative estimate of drug-likeness (QED) is 0.568. The number of hydrogen-bond donors (Lipinski definition) is 2. The van der Waals surface area contributed by atoms with Crippen molar-refractivity contribution in [1.82, 2.24) is 0 Å². The van der Waals surface area contributed by atoms with Gasteiger partial charge in [-0.2, -0.15) is 0 Å². The molecule has 0 radical (unpaired) electrons. The molecule has 0 saturated heterocycles. The zero-order valence-corrected chi connectivity index (χ0v) is 17.0. The lowest BCUT2D eigenvalue weighted by Gasteiger charge is -2.37. The first-order chi connectivity index (χ1) is 14.3. The Kier molecular flexibility index (Phi) is 5.22. The Labute approximate surface area is 173 Å². The maximum absolute atomic E-state index is 9.64. The monoisotopic (exact) mass is 389 g/mol. The van der Waals surface area contributed by atoms with Gasteiger partial charge in [-0.05, 0) is 66.1 Å². The van der Waals surface area contributed by atoms with Crippen LogP contribution >= 0.6 is 0 Å².